The molecule has 1 aliphatic heterocycles. The Bertz CT molecular complexity index is 1290. The van der Waals surface area contributed by atoms with E-state index < -0.39 is 16.1 Å². The van der Waals surface area contributed by atoms with Gasteiger partial charge in [0.05, 0.1) is 30.5 Å². The van der Waals surface area contributed by atoms with Crippen molar-refractivity contribution in [3.05, 3.63) is 65.5 Å². The van der Waals surface area contributed by atoms with Crippen molar-refractivity contribution in [2.75, 3.05) is 27.3 Å². The molecule has 33 heavy (non-hydrogen) atoms. The van der Waals surface area contributed by atoms with Gasteiger partial charge in [-0.25, -0.2) is 13.1 Å². The van der Waals surface area contributed by atoms with Crippen LogP contribution in [0.3, 0.4) is 0 Å². The first-order valence-corrected chi connectivity index (χ1v) is 11.9. The monoisotopic (exact) mass is 470 g/mol. The number of carbonyl (C=O) groups is 1. The molecular weight excluding hydrogens is 444 g/mol. The topological polar surface area (TPSA) is 103 Å². The third-order valence-electron chi connectivity index (χ3n) is 5.75. The summed E-state index contributed by atoms with van der Waals surface area (Å²) < 4.78 is 40.9. The van der Waals surface area contributed by atoms with Gasteiger partial charge in [-0.1, -0.05) is 18.2 Å². The van der Waals surface area contributed by atoms with Crippen molar-refractivity contribution < 1.29 is 22.7 Å². The summed E-state index contributed by atoms with van der Waals surface area (Å²) in [5.41, 5.74) is 2.69. The smallest absolute Gasteiger partial charge is 0.244 e. The van der Waals surface area contributed by atoms with E-state index in [1.807, 2.05) is 37.3 Å². The highest BCUT2D eigenvalue weighted by atomic mass is 32.2. The van der Waals surface area contributed by atoms with E-state index in [-0.39, 0.29) is 23.9 Å². The lowest BCUT2D eigenvalue weighted by atomic mass is 10.0. The van der Waals surface area contributed by atoms with Gasteiger partial charge in [0, 0.05) is 30.4 Å². The van der Waals surface area contributed by atoms with Crippen LogP contribution in [0.5, 0.6) is 11.5 Å². The second kappa shape index (κ2) is 8.87. The predicted molar refractivity (Wildman–Crippen MR) is 122 cm³/mol. The minimum absolute atomic E-state index is 0.0191. The molecule has 0 spiro atoms. The predicted octanol–water partition coefficient (Wildman–Crippen LogP) is 2.37. The lowest BCUT2D eigenvalue weighted by molar-refractivity contribution is -0.127. The number of methoxy groups -OCH3 is 2. The van der Waals surface area contributed by atoms with Gasteiger partial charge in [0.2, 0.25) is 15.9 Å². The average Bonchev–Trinajstić information content (AvgIpc) is 3.12. The zero-order valence-corrected chi connectivity index (χ0v) is 19.7. The lowest BCUT2D eigenvalue weighted by Gasteiger charge is -2.34. The van der Waals surface area contributed by atoms with Gasteiger partial charge in [-0.3, -0.25) is 4.79 Å². The van der Waals surface area contributed by atoms with Crippen LogP contribution in [0.25, 0.3) is 5.69 Å². The molecule has 1 saturated heterocycles. The number of ether oxygens (including phenoxy) is 2. The molecule has 0 aliphatic carbocycles. The Kier molecular flexibility index (Phi) is 6.13. The molecule has 2 aromatic carbocycles. The highest BCUT2D eigenvalue weighted by molar-refractivity contribution is 7.89. The van der Waals surface area contributed by atoms with E-state index >= 15 is 0 Å². The maximum atomic E-state index is 13.7. The maximum absolute atomic E-state index is 13.7. The Morgan fingerprint density at radius 1 is 1.03 bits per heavy atom. The molecule has 0 unspecified atom stereocenters. The van der Waals surface area contributed by atoms with Crippen molar-refractivity contribution in [3.63, 3.8) is 0 Å². The van der Waals surface area contributed by atoms with Crippen LogP contribution in [0.2, 0.25) is 0 Å². The fraction of sp³-hybridized carbons (Fsp3) is 0.304. The number of hydrogen-bond acceptors (Lipinski definition) is 6. The lowest BCUT2D eigenvalue weighted by Crippen LogP contribution is -2.52. The number of nitrogens with zero attached hydrogens (tertiary/aromatic N) is 3. The summed E-state index contributed by atoms with van der Waals surface area (Å²) in [7, 11) is -1.12. The van der Waals surface area contributed by atoms with E-state index in [0.29, 0.717) is 28.5 Å². The number of hydrogen-bond donors (Lipinski definition) is 1. The Labute approximate surface area is 193 Å². The Morgan fingerprint density at radius 3 is 2.39 bits per heavy atom. The van der Waals surface area contributed by atoms with Crippen molar-refractivity contribution in [2.45, 2.75) is 24.8 Å². The van der Waals surface area contributed by atoms with E-state index in [1.54, 1.807) is 11.6 Å². The summed E-state index contributed by atoms with van der Waals surface area (Å²) in [4.78, 5) is 13.1. The van der Waals surface area contributed by atoms with Gasteiger partial charge in [-0.05, 0) is 38.1 Å². The van der Waals surface area contributed by atoms with Crippen molar-refractivity contribution in [2.24, 2.45) is 0 Å². The number of para-hydroxylation sites is 1. The number of rotatable bonds is 6. The number of amides is 1. The molecule has 3 aromatic rings. The van der Waals surface area contributed by atoms with Gasteiger partial charge in [-0.15, -0.1) is 0 Å². The summed E-state index contributed by atoms with van der Waals surface area (Å²) in [6, 6.07) is 12.9. The minimum atomic E-state index is -4.04. The third-order valence-corrected chi connectivity index (χ3v) is 7.61. The number of aryl methyl sites for hydroxylation is 1. The van der Waals surface area contributed by atoms with Crippen molar-refractivity contribution in [1.82, 2.24) is 19.4 Å². The molecule has 0 bridgehead atoms. The van der Waals surface area contributed by atoms with Crippen LogP contribution in [-0.4, -0.2) is 55.7 Å². The molecule has 1 atom stereocenters. The molecule has 0 saturated carbocycles. The molecule has 1 amide bonds. The molecule has 1 aromatic heterocycles. The molecule has 4 rings (SSSR count). The van der Waals surface area contributed by atoms with E-state index in [1.165, 1.54) is 36.7 Å². The van der Waals surface area contributed by atoms with Gasteiger partial charge in [-0.2, -0.15) is 9.40 Å². The van der Waals surface area contributed by atoms with Gasteiger partial charge in [0.15, 0.2) is 11.5 Å². The number of piperazine rings is 1. The number of carbonyl (C=O) groups excluding carboxylic acids is 1. The molecule has 1 N–H and O–H groups in total. The molecule has 10 heteroatoms. The quantitative estimate of drug-likeness (QED) is 0.593. The van der Waals surface area contributed by atoms with Gasteiger partial charge in [0.1, 0.15) is 6.04 Å². The van der Waals surface area contributed by atoms with Crippen molar-refractivity contribution in [1.29, 1.82) is 0 Å². The van der Waals surface area contributed by atoms with Crippen LogP contribution in [0.4, 0.5) is 0 Å². The molecule has 0 radical (unpaired) electrons. The van der Waals surface area contributed by atoms with Crippen LogP contribution in [0.15, 0.2) is 53.4 Å². The summed E-state index contributed by atoms with van der Waals surface area (Å²) in [6.07, 6.45) is 0. The van der Waals surface area contributed by atoms with E-state index in [2.05, 4.69) is 10.4 Å². The minimum Gasteiger partial charge on any atom is -0.493 e. The molecule has 174 valence electrons. The van der Waals surface area contributed by atoms with Crippen LogP contribution in [-0.2, 0) is 14.8 Å². The summed E-state index contributed by atoms with van der Waals surface area (Å²) in [6.45, 7) is 3.96. The first-order chi connectivity index (χ1) is 15.8. The number of sulfonamides is 1. The standard InChI is InChI=1S/C23H26N4O5S/c1-15-21(16(2)27(25-15)17-8-6-5-7-9-17)22-23(28)24-12-13-26(22)33(29,30)18-10-11-19(31-3)20(14-18)32-4/h5-11,14,22H,12-13H2,1-4H3,(H,24,28)/t22-/m1/s1. The number of aromatic nitrogens is 2. The highest BCUT2D eigenvalue weighted by Gasteiger charge is 2.42. The Morgan fingerprint density at radius 2 is 1.73 bits per heavy atom. The van der Waals surface area contributed by atoms with E-state index in [0.717, 1.165) is 5.69 Å². The van der Waals surface area contributed by atoms with Crippen LogP contribution < -0.4 is 14.8 Å². The SMILES string of the molecule is COc1ccc(S(=O)(=O)N2CCNC(=O)[C@H]2c2c(C)nn(-c3ccccc3)c2C)cc1OC. The molecular formula is C23H26N4O5S. The average molecular weight is 471 g/mol. The van der Waals surface area contributed by atoms with Crippen LogP contribution in [0, 0.1) is 13.8 Å². The molecule has 2 heterocycles. The zero-order valence-electron chi connectivity index (χ0n) is 18.9. The molecule has 1 aliphatic rings. The second-order valence-corrected chi connectivity index (χ2v) is 9.55. The normalized spacial score (nSPS) is 17.0. The zero-order chi connectivity index (χ0) is 23.8. The van der Waals surface area contributed by atoms with Crippen LogP contribution in [0.1, 0.15) is 23.0 Å². The van der Waals surface area contributed by atoms with Gasteiger partial charge in [0.25, 0.3) is 0 Å². The van der Waals surface area contributed by atoms with E-state index in [4.69, 9.17) is 9.47 Å². The van der Waals surface area contributed by atoms with Crippen LogP contribution >= 0.6 is 0 Å². The van der Waals surface area contributed by atoms with Crippen molar-refractivity contribution in [3.8, 4) is 17.2 Å². The first-order valence-electron chi connectivity index (χ1n) is 10.4. The van der Waals surface area contributed by atoms with E-state index in [9.17, 15) is 13.2 Å². The summed E-state index contributed by atoms with van der Waals surface area (Å²) >= 11 is 0. The first kappa shape index (κ1) is 22.8. The highest BCUT2D eigenvalue weighted by Crippen LogP contribution is 2.36. The fourth-order valence-corrected chi connectivity index (χ4v) is 5.74. The molecule has 9 nitrogen and oxygen atoms in total. The van der Waals surface area contributed by atoms with Crippen molar-refractivity contribution >= 4 is 15.9 Å². The maximum Gasteiger partial charge on any atom is 0.244 e. The summed E-state index contributed by atoms with van der Waals surface area (Å²) in [5, 5.41) is 7.41. The third kappa shape index (κ3) is 3.96. The van der Waals surface area contributed by atoms with Gasteiger partial charge < -0.3 is 14.8 Å². The largest absolute Gasteiger partial charge is 0.493 e. The summed E-state index contributed by atoms with van der Waals surface area (Å²) in [5.74, 6) is 0.324. The Balaban J connectivity index is 1.82. The number of benzene rings is 2. The fourth-order valence-electron chi connectivity index (χ4n) is 4.16. The molecule has 1 fully saturated rings. The Hall–Kier alpha value is -3.37. The second-order valence-electron chi connectivity index (χ2n) is 7.66. The number of nitrogens with one attached hydrogen (secondary N) is 1. The van der Waals surface area contributed by atoms with Gasteiger partial charge >= 0.3 is 0 Å².